The average molecular weight is 472 g/mol. The van der Waals surface area contributed by atoms with Crippen molar-refractivity contribution in [2.24, 2.45) is 0 Å². The molecule has 7 heteroatoms. The summed E-state index contributed by atoms with van der Waals surface area (Å²) in [6.45, 7) is 8.16. The van der Waals surface area contributed by atoms with Crippen LogP contribution in [-0.4, -0.2) is 26.8 Å². The molecule has 1 atom stereocenters. The molecule has 2 aromatic carbocycles. The molecular formula is C27H25N3O3S. The lowest BCUT2D eigenvalue weighted by Crippen LogP contribution is -2.30. The largest absolute Gasteiger partial charge is 0.507 e. The minimum Gasteiger partial charge on any atom is -0.507 e. The van der Waals surface area contributed by atoms with Gasteiger partial charge in [-0.3, -0.25) is 14.5 Å². The molecule has 2 aromatic heterocycles. The third-order valence-corrected chi connectivity index (χ3v) is 7.15. The van der Waals surface area contributed by atoms with Crippen LogP contribution in [0, 0.1) is 6.92 Å². The minimum atomic E-state index is -0.779. The summed E-state index contributed by atoms with van der Waals surface area (Å²) in [5.74, 6) is -1.33. The van der Waals surface area contributed by atoms with Gasteiger partial charge in [-0.15, -0.1) is 11.3 Å². The maximum absolute atomic E-state index is 13.4. The number of imidazole rings is 1. The van der Waals surface area contributed by atoms with E-state index in [1.165, 1.54) is 16.2 Å². The number of fused-ring (bicyclic) bond motifs is 1. The fourth-order valence-corrected chi connectivity index (χ4v) is 5.13. The number of aliphatic hydroxyl groups excluding tert-OH is 1. The number of para-hydroxylation sites is 2. The van der Waals surface area contributed by atoms with Crippen LogP contribution in [-0.2, 0) is 15.0 Å². The number of amides is 1. The van der Waals surface area contributed by atoms with Crippen LogP contribution >= 0.6 is 11.3 Å². The second-order valence-electron chi connectivity index (χ2n) is 9.54. The lowest BCUT2D eigenvalue weighted by molar-refractivity contribution is -0.132. The third kappa shape index (κ3) is 3.53. The summed E-state index contributed by atoms with van der Waals surface area (Å²) >= 11 is 1.42. The van der Waals surface area contributed by atoms with Crippen molar-refractivity contribution in [1.82, 2.24) is 9.97 Å². The molecular weight excluding hydrogens is 446 g/mol. The fourth-order valence-electron chi connectivity index (χ4n) is 4.31. The summed E-state index contributed by atoms with van der Waals surface area (Å²) in [5.41, 5.74) is 3.79. The van der Waals surface area contributed by atoms with E-state index in [4.69, 9.17) is 0 Å². The Kier molecular flexibility index (Phi) is 5.17. The van der Waals surface area contributed by atoms with E-state index in [0.29, 0.717) is 11.1 Å². The van der Waals surface area contributed by atoms with Crippen molar-refractivity contribution in [1.29, 1.82) is 0 Å². The molecule has 0 aliphatic carbocycles. The molecule has 1 saturated heterocycles. The molecule has 0 radical (unpaired) electrons. The summed E-state index contributed by atoms with van der Waals surface area (Å²) in [7, 11) is 0. The quantitative estimate of drug-likeness (QED) is 0.223. The first-order chi connectivity index (χ1) is 16.2. The molecule has 6 nitrogen and oxygen atoms in total. The fraction of sp³-hybridized carbons (Fsp3) is 0.222. The molecule has 2 N–H and O–H groups in total. The first-order valence-electron chi connectivity index (χ1n) is 11.1. The number of aromatic amines is 1. The molecule has 3 heterocycles. The Hall–Kier alpha value is -3.71. The number of hydrogen-bond acceptors (Lipinski definition) is 5. The van der Waals surface area contributed by atoms with Gasteiger partial charge in [-0.25, -0.2) is 4.98 Å². The van der Waals surface area contributed by atoms with Crippen molar-refractivity contribution >= 4 is 45.8 Å². The molecule has 5 rings (SSSR count). The Morgan fingerprint density at radius 1 is 1.09 bits per heavy atom. The Morgan fingerprint density at radius 2 is 1.85 bits per heavy atom. The molecule has 1 aliphatic heterocycles. The zero-order valence-electron chi connectivity index (χ0n) is 19.4. The molecule has 4 aromatic rings. The van der Waals surface area contributed by atoms with E-state index < -0.39 is 17.7 Å². The van der Waals surface area contributed by atoms with E-state index in [9.17, 15) is 14.7 Å². The number of ketones is 1. The number of carbonyl (C=O) groups is 2. The first-order valence-corrected chi connectivity index (χ1v) is 12.0. The number of aromatic nitrogens is 2. The Balaban J connectivity index is 1.73. The number of hydrogen-bond donors (Lipinski definition) is 2. The van der Waals surface area contributed by atoms with Crippen molar-refractivity contribution in [2.45, 2.75) is 39.2 Å². The molecule has 1 unspecified atom stereocenters. The van der Waals surface area contributed by atoms with E-state index >= 15 is 0 Å². The zero-order valence-corrected chi connectivity index (χ0v) is 20.2. The molecule has 34 heavy (non-hydrogen) atoms. The highest BCUT2D eigenvalue weighted by molar-refractivity contribution is 7.10. The van der Waals surface area contributed by atoms with Crippen molar-refractivity contribution in [3.05, 3.63) is 87.1 Å². The van der Waals surface area contributed by atoms with Crippen LogP contribution in [0.5, 0.6) is 0 Å². The van der Waals surface area contributed by atoms with Gasteiger partial charge < -0.3 is 10.1 Å². The van der Waals surface area contributed by atoms with Gasteiger partial charge in [-0.05, 0) is 53.1 Å². The maximum Gasteiger partial charge on any atom is 0.302 e. The SMILES string of the molecule is Cc1ccc(C(C)(C)C)cc1/C(O)=C1\C(=O)C(=O)N(c2nc3ccccc3[nH]2)C1c1cccs1. The van der Waals surface area contributed by atoms with Crippen LogP contribution in [0.25, 0.3) is 16.8 Å². The normalized spacial score (nSPS) is 18.2. The summed E-state index contributed by atoms with van der Waals surface area (Å²) in [4.78, 5) is 36.6. The van der Waals surface area contributed by atoms with Gasteiger partial charge in [0.2, 0.25) is 5.95 Å². The predicted octanol–water partition coefficient (Wildman–Crippen LogP) is 5.86. The molecule has 1 aliphatic rings. The van der Waals surface area contributed by atoms with Crippen LogP contribution in [0.2, 0.25) is 0 Å². The minimum absolute atomic E-state index is 0.0714. The molecule has 1 fully saturated rings. The molecule has 1 amide bonds. The standard InChI is InChI=1S/C27H25N3O3S/c1-15-11-12-16(27(2,3)4)14-17(15)23(31)21-22(20-10-7-13-34-20)30(25(33)24(21)32)26-28-18-8-5-6-9-19(18)29-26/h5-14,22,31H,1-4H3,(H,28,29)/b23-21+. The van der Waals surface area contributed by atoms with E-state index in [-0.39, 0.29) is 22.7 Å². The predicted molar refractivity (Wildman–Crippen MR) is 135 cm³/mol. The molecule has 0 spiro atoms. The summed E-state index contributed by atoms with van der Waals surface area (Å²) in [5, 5.41) is 13.4. The van der Waals surface area contributed by atoms with Crippen LogP contribution in [0.3, 0.4) is 0 Å². The lowest BCUT2D eigenvalue weighted by atomic mass is 9.84. The average Bonchev–Trinajstić information content (AvgIpc) is 3.51. The number of Topliss-reactive ketones (excluding diaryl/α,β-unsaturated/α-hetero) is 1. The topological polar surface area (TPSA) is 86.3 Å². The summed E-state index contributed by atoms with van der Waals surface area (Å²) < 4.78 is 0. The van der Waals surface area contributed by atoms with E-state index in [0.717, 1.165) is 21.5 Å². The number of carbonyl (C=O) groups excluding carboxylic acids is 2. The van der Waals surface area contributed by atoms with Crippen LogP contribution in [0.1, 0.15) is 48.4 Å². The number of H-pyrrole nitrogens is 1. The number of nitrogens with zero attached hydrogens (tertiary/aromatic N) is 2. The second-order valence-corrected chi connectivity index (χ2v) is 10.5. The van der Waals surface area contributed by atoms with Crippen LogP contribution in [0.15, 0.2) is 65.6 Å². The maximum atomic E-state index is 13.4. The summed E-state index contributed by atoms with van der Waals surface area (Å²) in [6.07, 6.45) is 0. The number of nitrogens with one attached hydrogen (secondary N) is 1. The van der Waals surface area contributed by atoms with Gasteiger partial charge in [0, 0.05) is 10.4 Å². The van der Waals surface area contributed by atoms with Gasteiger partial charge >= 0.3 is 5.91 Å². The van der Waals surface area contributed by atoms with Gasteiger partial charge in [0.25, 0.3) is 5.78 Å². The lowest BCUT2D eigenvalue weighted by Gasteiger charge is -2.23. The number of anilines is 1. The monoisotopic (exact) mass is 471 g/mol. The Morgan fingerprint density at radius 3 is 2.53 bits per heavy atom. The smallest absolute Gasteiger partial charge is 0.302 e. The number of thiophene rings is 1. The van der Waals surface area contributed by atoms with E-state index in [2.05, 4.69) is 30.7 Å². The highest BCUT2D eigenvalue weighted by atomic mass is 32.1. The van der Waals surface area contributed by atoms with Gasteiger partial charge in [-0.1, -0.05) is 51.1 Å². The van der Waals surface area contributed by atoms with Crippen molar-refractivity contribution in [2.75, 3.05) is 4.90 Å². The van der Waals surface area contributed by atoms with E-state index in [1.807, 2.05) is 66.9 Å². The van der Waals surface area contributed by atoms with Crippen LogP contribution in [0.4, 0.5) is 5.95 Å². The second kappa shape index (κ2) is 7.95. The molecule has 172 valence electrons. The van der Waals surface area contributed by atoms with Gasteiger partial charge in [-0.2, -0.15) is 0 Å². The van der Waals surface area contributed by atoms with Crippen molar-refractivity contribution < 1.29 is 14.7 Å². The number of benzene rings is 2. The highest BCUT2D eigenvalue weighted by Gasteiger charge is 2.48. The highest BCUT2D eigenvalue weighted by Crippen LogP contribution is 2.43. The summed E-state index contributed by atoms with van der Waals surface area (Å²) in [6, 6.07) is 16.3. The number of rotatable bonds is 3. The number of aliphatic hydroxyl groups is 1. The molecule has 0 saturated carbocycles. The van der Waals surface area contributed by atoms with Gasteiger partial charge in [0.05, 0.1) is 16.6 Å². The first kappa shape index (κ1) is 22.1. The number of aryl methyl sites for hydroxylation is 1. The van der Waals surface area contributed by atoms with Crippen LogP contribution < -0.4 is 4.90 Å². The van der Waals surface area contributed by atoms with E-state index in [1.54, 1.807) is 0 Å². The van der Waals surface area contributed by atoms with Crippen molar-refractivity contribution in [3.63, 3.8) is 0 Å². The molecule has 0 bridgehead atoms. The Labute approximate surface area is 201 Å². The zero-order chi connectivity index (χ0) is 24.2. The van der Waals surface area contributed by atoms with Gasteiger partial charge in [0.1, 0.15) is 11.8 Å². The van der Waals surface area contributed by atoms with Crippen molar-refractivity contribution in [3.8, 4) is 0 Å². The third-order valence-electron chi connectivity index (χ3n) is 6.22. The van der Waals surface area contributed by atoms with Gasteiger partial charge in [0.15, 0.2) is 0 Å². The Bertz CT molecular complexity index is 1430.